The third-order valence-electron chi connectivity index (χ3n) is 5.25. The minimum Gasteiger partial charge on any atom is -0.360 e. The average molecular weight is 392 g/mol. The summed E-state index contributed by atoms with van der Waals surface area (Å²) in [5.74, 6) is 1.35. The number of carbonyl (C=O) groups is 1. The Morgan fingerprint density at radius 1 is 1.19 bits per heavy atom. The van der Waals surface area contributed by atoms with E-state index in [1.807, 2.05) is 16.2 Å². The fourth-order valence-corrected chi connectivity index (χ4v) is 4.52. The van der Waals surface area contributed by atoms with Crippen LogP contribution in [0.25, 0.3) is 0 Å². The number of hydrogen-bond acceptors (Lipinski definition) is 4. The zero-order chi connectivity index (χ0) is 18.9. The van der Waals surface area contributed by atoms with Crippen molar-refractivity contribution >= 4 is 28.2 Å². The van der Waals surface area contributed by atoms with E-state index in [0.717, 1.165) is 84.0 Å². The van der Waals surface area contributed by atoms with Crippen molar-refractivity contribution in [2.24, 2.45) is 4.99 Å². The summed E-state index contributed by atoms with van der Waals surface area (Å²) in [6.07, 6.45) is 5.04. The van der Waals surface area contributed by atoms with Gasteiger partial charge in [-0.05, 0) is 43.7 Å². The number of carbonyl (C=O) groups excluding carboxylic acids is 1. The van der Waals surface area contributed by atoms with Crippen LogP contribution < -0.4 is 10.2 Å². The second-order valence-electron chi connectivity index (χ2n) is 7.21. The van der Waals surface area contributed by atoms with Gasteiger partial charge >= 0.3 is 0 Å². The third kappa shape index (κ3) is 5.86. The monoisotopic (exact) mass is 391 g/mol. The molecule has 0 aliphatic carbocycles. The van der Waals surface area contributed by atoms with E-state index in [9.17, 15) is 4.79 Å². The SMILES string of the molecule is CCNC(=NCCCN1CCCCCC1=O)N1CCN(c2cccs2)CC1. The topological polar surface area (TPSA) is 51.2 Å². The highest BCUT2D eigenvalue weighted by Gasteiger charge is 2.20. The quantitative estimate of drug-likeness (QED) is 0.460. The summed E-state index contributed by atoms with van der Waals surface area (Å²) in [6.45, 7) is 9.60. The molecule has 1 aromatic rings. The normalized spacial score (nSPS) is 19.4. The highest BCUT2D eigenvalue weighted by molar-refractivity contribution is 7.14. The van der Waals surface area contributed by atoms with Gasteiger partial charge in [0.25, 0.3) is 0 Å². The molecule has 3 heterocycles. The zero-order valence-electron chi connectivity index (χ0n) is 16.5. The van der Waals surface area contributed by atoms with E-state index in [1.165, 1.54) is 11.4 Å². The van der Waals surface area contributed by atoms with Crippen LogP contribution in [0.15, 0.2) is 22.5 Å². The number of nitrogens with one attached hydrogen (secondary N) is 1. The van der Waals surface area contributed by atoms with Crippen LogP contribution in [-0.2, 0) is 4.79 Å². The largest absolute Gasteiger partial charge is 0.360 e. The molecule has 0 saturated carbocycles. The number of nitrogens with zero attached hydrogens (tertiary/aromatic N) is 4. The summed E-state index contributed by atoms with van der Waals surface area (Å²) in [4.78, 5) is 23.8. The van der Waals surface area contributed by atoms with Gasteiger partial charge in [0.1, 0.15) is 0 Å². The predicted octanol–water partition coefficient (Wildman–Crippen LogP) is 2.63. The maximum atomic E-state index is 12.1. The van der Waals surface area contributed by atoms with Gasteiger partial charge in [-0.15, -0.1) is 11.3 Å². The number of amides is 1. The first-order valence-electron chi connectivity index (χ1n) is 10.4. The van der Waals surface area contributed by atoms with Crippen molar-refractivity contribution < 1.29 is 4.79 Å². The van der Waals surface area contributed by atoms with Gasteiger partial charge in [0.05, 0.1) is 5.00 Å². The molecule has 0 bridgehead atoms. The molecule has 7 heteroatoms. The first kappa shape index (κ1) is 20.0. The molecule has 1 aromatic heterocycles. The van der Waals surface area contributed by atoms with E-state index in [0.29, 0.717) is 5.91 Å². The van der Waals surface area contributed by atoms with Gasteiger partial charge in [0.15, 0.2) is 5.96 Å². The highest BCUT2D eigenvalue weighted by Crippen LogP contribution is 2.22. The number of rotatable bonds is 6. The summed E-state index contributed by atoms with van der Waals surface area (Å²) >= 11 is 1.81. The van der Waals surface area contributed by atoms with Crippen molar-refractivity contribution in [3.8, 4) is 0 Å². The first-order chi connectivity index (χ1) is 13.3. The molecule has 0 unspecified atom stereocenters. The number of guanidine groups is 1. The Morgan fingerprint density at radius 2 is 2.04 bits per heavy atom. The molecule has 0 aromatic carbocycles. The van der Waals surface area contributed by atoms with Gasteiger partial charge in [-0.2, -0.15) is 0 Å². The molecule has 2 fully saturated rings. The standard InChI is InChI=1S/C20H33N5OS/c1-2-21-20(22-10-7-12-23-11-5-3-4-8-18(23)26)25-15-13-24(14-16-25)19-9-6-17-27-19/h6,9,17H,2-5,7-8,10-16H2,1H3,(H,21,22). The molecule has 1 amide bonds. The molecule has 6 nitrogen and oxygen atoms in total. The van der Waals surface area contributed by atoms with Crippen LogP contribution >= 0.6 is 11.3 Å². The number of likely N-dealkylation sites (tertiary alicyclic amines) is 1. The molecule has 1 N–H and O–H groups in total. The van der Waals surface area contributed by atoms with Crippen LogP contribution in [0.5, 0.6) is 0 Å². The number of piperazine rings is 1. The molecule has 0 atom stereocenters. The van der Waals surface area contributed by atoms with Crippen LogP contribution in [-0.4, -0.2) is 74.0 Å². The van der Waals surface area contributed by atoms with E-state index in [2.05, 4.69) is 39.6 Å². The number of anilines is 1. The minimum absolute atomic E-state index is 0.327. The van der Waals surface area contributed by atoms with Gasteiger partial charge in [-0.1, -0.05) is 6.42 Å². The van der Waals surface area contributed by atoms with Crippen molar-refractivity contribution in [3.63, 3.8) is 0 Å². The van der Waals surface area contributed by atoms with Crippen molar-refractivity contribution in [2.45, 2.75) is 39.0 Å². The Labute approximate surface area is 167 Å². The molecule has 0 spiro atoms. The molecular formula is C20H33N5OS. The first-order valence-corrected chi connectivity index (χ1v) is 11.3. The van der Waals surface area contributed by atoms with Crippen LogP contribution in [0.4, 0.5) is 5.00 Å². The molecule has 2 aliphatic heterocycles. The highest BCUT2D eigenvalue weighted by atomic mass is 32.1. The molecule has 3 rings (SSSR count). The smallest absolute Gasteiger partial charge is 0.222 e. The lowest BCUT2D eigenvalue weighted by Gasteiger charge is -2.37. The maximum absolute atomic E-state index is 12.1. The van der Waals surface area contributed by atoms with Gasteiger partial charge < -0.3 is 20.0 Å². The molecular weight excluding hydrogens is 358 g/mol. The average Bonchev–Trinajstić information content (AvgIpc) is 3.15. The van der Waals surface area contributed by atoms with Crippen LogP contribution in [0.2, 0.25) is 0 Å². The molecule has 0 radical (unpaired) electrons. The summed E-state index contributed by atoms with van der Waals surface area (Å²) in [6, 6.07) is 4.32. The lowest BCUT2D eigenvalue weighted by Crippen LogP contribution is -2.52. The Balaban J connectivity index is 1.46. The van der Waals surface area contributed by atoms with Gasteiger partial charge in [0, 0.05) is 58.8 Å². The van der Waals surface area contributed by atoms with Crippen LogP contribution in [0, 0.1) is 0 Å². The summed E-state index contributed by atoms with van der Waals surface area (Å²) in [5, 5.41) is 6.94. The molecule has 2 aliphatic rings. The second kappa shape index (κ2) is 10.5. The van der Waals surface area contributed by atoms with Crippen molar-refractivity contribution in [1.29, 1.82) is 0 Å². The number of thiophene rings is 1. The van der Waals surface area contributed by atoms with Gasteiger partial charge in [0.2, 0.25) is 5.91 Å². The maximum Gasteiger partial charge on any atom is 0.222 e. The molecule has 150 valence electrons. The summed E-state index contributed by atoms with van der Waals surface area (Å²) < 4.78 is 0. The van der Waals surface area contributed by atoms with E-state index in [1.54, 1.807) is 0 Å². The van der Waals surface area contributed by atoms with Crippen molar-refractivity contribution in [1.82, 2.24) is 15.1 Å². The number of aliphatic imine (C=N–C) groups is 1. The Kier molecular flexibility index (Phi) is 7.80. The lowest BCUT2D eigenvalue weighted by atomic mass is 10.2. The zero-order valence-corrected chi connectivity index (χ0v) is 17.3. The molecule has 27 heavy (non-hydrogen) atoms. The lowest BCUT2D eigenvalue weighted by molar-refractivity contribution is -0.130. The van der Waals surface area contributed by atoms with Gasteiger partial charge in [-0.3, -0.25) is 9.79 Å². The number of hydrogen-bond donors (Lipinski definition) is 1. The van der Waals surface area contributed by atoms with Gasteiger partial charge in [-0.25, -0.2) is 0 Å². The van der Waals surface area contributed by atoms with Crippen molar-refractivity contribution in [3.05, 3.63) is 17.5 Å². The predicted molar refractivity (Wildman–Crippen MR) is 114 cm³/mol. The van der Waals surface area contributed by atoms with Crippen LogP contribution in [0.3, 0.4) is 0 Å². The third-order valence-corrected chi connectivity index (χ3v) is 6.18. The Bertz CT molecular complexity index is 596. The van der Waals surface area contributed by atoms with E-state index in [4.69, 9.17) is 4.99 Å². The Morgan fingerprint density at radius 3 is 2.78 bits per heavy atom. The second-order valence-corrected chi connectivity index (χ2v) is 8.13. The minimum atomic E-state index is 0.327. The fourth-order valence-electron chi connectivity index (χ4n) is 3.74. The van der Waals surface area contributed by atoms with Crippen LogP contribution in [0.1, 0.15) is 39.0 Å². The van der Waals surface area contributed by atoms with E-state index < -0.39 is 0 Å². The summed E-state index contributed by atoms with van der Waals surface area (Å²) in [7, 11) is 0. The van der Waals surface area contributed by atoms with Crippen molar-refractivity contribution in [2.75, 3.05) is 57.3 Å². The molecule has 2 saturated heterocycles. The fraction of sp³-hybridized carbons (Fsp3) is 0.700. The summed E-state index contributed by atoms with van der Waals surface area (Å²) in [5.41, 5.74) is 0. The van der Waals surface area contributed by atoms with E-state index in [-0.39, 0.29) is 0 Å². The van der Waals surface area contributed by atoms with E-state index >= 15 is 0 Å². The Hall–Kier alpha value is -1.76.